The molecule has 1 heterocycles. The maximum atomic E-state index is 5.67. The molecular formula is C6H14Cl2N2. The number of likely N-dealkylation sites (N-methyl/N-ethyl adjacent to an activating group) is 1. The van der Waals surface area contributed by atoms with E-state index in [4.69, 9.17) is 11.6 Å². The number of piperazine rings is 1. The van der Waals surface area contributed by atoms with Crippen LogP contribution in [-0.2, 0) is 0 Å². The number of rotatable bonds is 1. The van der Waals surface area contributed by atoms with Gasteiger partial charge < -0.3 is 17.3 Å². The molecule has 0 saturated carbocycles. The third-order valence-corrected chi connectivity index (χ3v) is 2.26. The Bertz CT molecular complexity index is 81.8. The van der Waals surface area contributed by atoms with Crippen molar-refractivity contribution in [2.24, 2.45) is 0 Å². The first kappa shape index (κ1) is 10.5. The topological polar surface area (TPSA) is 7.68 Å². The van der Waals surface area contributed by atoms with Crippen molar-refractivity contribution in [1.82, 2.24) is 4.90 Å². The monoisotopic (exact) mass is 184 g/mol. The van der Waals surface area contributed by atoms with E-state index in [1.165, 1.54) is 31.1 Å². The van der Waals surface area contributed by atoms with Crippen molar-refractivity contribution in [3.63, 3.8) is 0 Å². The summed E-state index contributed by atoms with van der Waals surface area (Å²) in [7, 11) is 2.16. The Morgan fingerprint density at radius 3 is 2.30 bits per heavy atom. The summed E-state index contributed by atoms with van der Waals surface area (Å²) in [6.45, 7) is 4.81. The lowest BCUT2D eigenvalue weighted by Gasteiger charge is -2.27. The van der Waals surface area contributed by atoms with Gasteiger partial charge in [0.15, 0.2) is 6.00 Å². The van der Waals surface area contributed by atoms with E-state index >= 15 is 0 Å². The van der Waals surface area contributed by atoms with Crippen molar-refractivity contribution in [2.75, 3.05) is 39.2 Å². The molecule has 0 aromatic heterocycles. The largest absolute Gasteiger partial charge is 1.00 e. The van der Waals surface area contributed by atoms with E-state index in [9.17, 15) is 0 Å². The van der Waals surface area contributed by atoms with Gasteiger partial charge in [0.2, 0.25) is 0 Å². The highest BCUT2D eigenvalue weighted by molar-refractivity contribution is 6.16. The molecule has 1 N–H and O–H groups in total. The number of nitrogens with one attached hydrogen (secondary N) is 1. The first-order chi connectivity index (χ1) is 4.33. The average Bonchev–Trinajstić information content (AvgIpc) is 1.90. The van der Waals surface area contributed by atoms with Crippen molar-refractivity contribution in [3.8, 4) is 0 Å². The SMILES string of the molecule is CN1CC[NH+](CCl)CC1.[Cl-]. The third-order valence-electron chi connectivity index (χ3n) is 1.88. The number of hydrogen-bond acceptors (Lipinski definition) is 1. The summed E-state index contributed by atoms with van der Waals surface area (Å²) in [5, 5.41) is 0. The predicted molar refractivity (Wildman–Crippen MR) is 38.9 cm³/mol. The van der Waals surface area contributed by atoms with Crippen molar-refractivity contribution in [1.29, 1.82) is 0 Å². The number of hydrogen-bond donors (Lipinski definition) is 1. The van der Waals surface area contributed by atoms with Crippen LogP contribution in [0, 0.1) is 0 Å². The van der Waals surface area contributed by atoms with Crippen LogP contribution in [0.3, 0.4) is 0 Å². The van der Waals surface area contributed by atoms with Crippen molar-refractivity contribution >= 4 is 11.6 Å². The van der Waals surface area contributed by atoms with Crippen molar-refractivity contribution in [2.45, 2.75) is 0 Å². The van der Waals surface area contributed by atoms with Crippen LogP contribution in [-0.4, -0.2) is 44.1 Å². The first-order valence-electron chi connectivity index (χ1n) is 3.41. The molecule has 0 aliphatic carbocycles. The summed E-state index contributed by atoms with van der Waals surface area (Å²) in [4.78, 5) is 3.87. The van der Waals surface area contributed by atoms with Crippen LogP contribution >= 0.6 is 11.6 Å². The van der Waals surface area contributed by atoms with Crippen LogP contribution in [0.2, 0.25) is 0 Å². The molecular weight excluding hydrogens is 171 g/mol. The highest BCUT2D eigenvalue weighted by Gasteiger charge is 2.14. The second kappa shape index (κ2) is 5.19. The summed E-state index contributed by atoms with van der Waals surface area (Å²) in [5.41, 5.74) is 0. The van der Waals surface area contributed by atoms with Crippen LogP contribution < -0.4 is 17.3 Å². The Balaban J connectivity index is 0.000000810. The lowest BCUT2D eigenvalue weighted by molar-refractivity contribution is -0.893. The fourth-order valence-corrected chi connectivity index (χ4v) is 1.34. The van der Waals surface area contributed by atoms with E-state index in [2.05, 4.69) is 11.9 Å². The standard InChI is InChI=1S/C6H13ClN2.ClH/c1-8-2-4-9(6-7)5-3-8;/h2-6H2,1H3;1H. The Morgan fingerprint density at radius 2 is 1.90 bits per heavy atom. The fraction of sp³-hybridized carbons (Fsp3) is 1.00. The molecule has 0 amide bonds. The van der Waals surface area contributed by atoms with Crippen molar-refractivity contribution < 1.29 is 17.3 Å². The number of quaternary nitrogens is 1. The van der Waals surface area contributed by atoms with E-state index in [1.807, 2.05) is 0 Å². The maximum absolute atomic E-state index is 5.67. The molecule has 0 aromatic carbocycles. The normalized spacial score (nSPS) is 22.2. The zero-order valence-corrected chi connectivity index (χ0v) is 7.75. The molecule has 1 aliphatic heterocycles. The van der Waals surface area contributed by atoms with Gasteiger partial charge in [-0.1, -0.05) is 11.6 Å². The van der Waals surface area contributed by atoms with E-state index in [0.29, 0.717) is 0 Å². The highest BCUT2D eigenvalue weighted by Crippen LogP contribution is 1.81. The molecule has 1 fully saturated rings. The minimum absolute atomic E-state index is 0. The summed E-state index contributed by atoms with van der Waals surface area (Å²) in [6, 6.07) is 0.772. The van der Waals surface area contributed by atoms with Crippen LogP contribution in [0.15, 0.2) is 0 Å². The Labute approximate surface area is 73.5 Å². The second-order valence-corrected chi connectivity index (χ2v) is 2.95. The lowest BCUT2D eigenvalue weighted by Crippen LogP contribution is -3.14. The fourth-order valence-electron chi connectivity index (χ4n) is 1.07. The van der Waals surface area contributed by atoms with E-state index in [0.717, 1.165) is 6.00 Å². The van der Waals surface area contributed by atoms with Crippen LogP contribution in [0.4, 0.5) is 0 Å². The lowest BCUT2D eigenvalue weighted by atomic mass is 10.4. The summed E-state index contributed by atoms with van der Waals surface area (Å²) >= 11 is 5.67. The third kappa shape index (κ3) is 3.06. The molecule has 1 aliphatic rings. The predicted octanol–water partition coefficient (Wildman–Crippen LogP) is -3.98. The van der Waals surface area contributed by atoms with Crippen LogP contribution in [0.25, 0.3) is 0 Å². The highest BCUT2D eigenvalue weighted by atomic mass is 35.5. The number of nitrogens with zero attached hydrogens (tertiary/aromatic N) is 1. The minimum Gasteiger partial charge on any atom is -1.00 e. The quantitative estimate of drug-likeness (QED) is 0.323. The molecule has 0 radical (unpaired) electrons. The first-order valence-corrected chi connectivity index (χ1v) is 3.94. The van der Waals surface area contributed by atoms with Gasteiger partial charge in [0.05, 0.1) is 13.1 Å². The molecule has 2 nitrogen and oxygen atoms in total. The Hall–Kier alpha value is 0.500. The van der Waals surface area contributed by atoms with Crippen molar-refractivity contribution in [3.05, 3.63) is 0 Å². The molecule has 0 bridgehead atoms. The minimum atomic E-state index is 0. The zero-order valence-electron chi connectivity index (χ0n) is 6.24. The molecule has 4 heteroatoms. The molecule has 1 saturated heterocycles. The molecule has 1 rings (SSSR count). The molecule has 62 valence electrons. The van der Waals surface area contributed by atoms with Gasteiger partial charge in [0, 0.05) is 13.1 Å². The van der Waals surface area contributed by atoms with Gasteiger partial charge in [-0.15, -0.1) is 0 Å². The van der Waals surface area contributed by atoms with Gasteiger partial charge in [-0.3, -0.25) is 4.90 Å². The Morgan fingerprint density at radius 1 is 1.40 bits per heavy atom. The zero-order chi connectivity index (χ0) is 6.69. The molecule has 0 aromatic rings. The smallest absolute Gasteiger partial charge is 0.153 e. The molecule has 10 heavy (non-hydrogen) atoms. The second-order valence-electron chi connectivity index (χ2n) is 2.69. The maximum Gasteiger partial charge on any atom is 0.153 e. The van der Waals surface area contributed by atoms with Crippen LogP contribution in [0.5, 0.6) is 0 Å². The van der Waals surface area contributed by atoms with Gasteiger partial charge in [-0.2, -0.15) is 0 Å². The summed E-state index contributed by atoms with van der Waals surface area (Å²) < 4.78 is 0. The number of halogens is 2. The molecule has 0 atom stereocenters. The van der Waals surface area contributed by atoms with E-state index in [-0.39, 0.29) is 12.4 Å². The van der Waals surface area contributed by atoms with Gasteiger partial charge in [-0.05, 0) is 7.05 Å². The summed E-state index contributed by atoms with van der Waals surface area (Å²) in [5.74, 6) is 0. The van der Waals surface area contributed by atoms with Gasteiger partial charge >= 0.3 is 0 Å². The Kier molecular flexibility index (Phi) is 5.45. The summed E-state index contributed by atoms with van der Waals surface area (Å²) in [6.07, 6.45) is 0. The van der Waals surface area contributed by atoms with Gasteiger partial charge in [0.1, 0.15) is 0 Å². The number of alkyl halides is 1. The van der Waals surface area contributed by atoms with E-state index < -0.39 is 0 Å². The van der Waals surface area contributed by atoms with Crippen LogP contribution in [0.1, 0.15) is 0 Å². The van der Waals surface area contributed by atoms with E-state index in [1.54, 1.807) is 0 Å². The molecule has 0 unspecified atom stereocenters. The average molecular weight is 185 g/mol. The van der Waals surface area contributed by atoms with Gasteiger partial charge in [0.25, 0.3) is 0 Å². The van der Waals surface area contributed by atoms with Gasteiger partial charge in [-0.25, -0.2) is 0 Å². The molecule has 0 spiro atoms.